The maximum Gasteiger partial charge on any atom is 0.328 e. The van der Waals surface area contributed by atoms with Crippen LogP contribution in [-0.2, 0) is 19.6 Å². The zero-order chi connectivity index (χ0) is 20.7. The van der Waals surface area contributed by atoms with Crippen molar-refractivity contribution in [2.24, 2.45) is 0 Å². The summed E-state index contributed by atoms with van der Waals surface area (Å²) in [6, 6.07) is 13.5. The van der Waals surface area contributed by atoms with Gasteiger partial charge in [-0.25, -0.2) is 4.79 Å². The molecule has 0 spiro atoms. The standard InChI is InChI=1S/C20H23NO6S/c1-3-27-20(23)17(12-13-28(24,25)26)21-19(22)18-14(2)8-7-11-16(18)15-9-5-4-6-10-15/h4-11,17H,3,12-13H2,1-2H3,(H,21,22)(H,24,25,26)/t17-/m0/s1. The van der Waals surface area contributed by atoms with Crippen LogP contribution < -0.4 is 5.32 Å². The van der Waals surface area contributed by atoms with E-state index in [1.54, 1.807) is 26.0 Å². The minimum absolute atomic E-state index is 0.0801. The topological polar surface area (TPSA) is 110 Å². The van der Waals surface area contributed by atoms with Gasteiger partial charge in [0.15, 0.2) is 0 Å². The number of ether oxygens (including phenoxy) is 1. The third kappa shape index (κ3) is 5.90. The quantitative estimate of drug-likeness (QED) is 0.516. The molecule has 0 bridgehead atoms. The van der Waals surface area contributed by atoms with Gasteiger partial charge in [-0.15, -0.1) is 0 Å². The summed E-state index contributed by atoms with van der Waals surface area (Å²) in [5, 5.41) is 2.55. The fourth-order valence-electron chi connectivity index (χ4n) is 2.82. The fourth-order valence-corrected chi connectivity index (χ4v) is 3.35. The smallest absolute Gasteiger partial charge is 0.328 e. The summed E-state index contributed by atoms with van der Waals surface area (Å²) in [7, 11) is -4.29. The number of amides is 1. The first-order chi connectivity index (χ1) is 13.2. The summed E-state index contributed by atoms with van der Waals surface area (Å²) in [6.07, 6.45) is -0.296. The number of nitrogens with one attached hydrogen (secondary N) is 1. The molecule has 0 unspecified atom stereocenters. The second-order valence-electron chi connectivity index (χ2n) is 6.22. The fraction of sp³-hybridized carbons (Fsp3) is 0.300. The highest BCUT2D eigenvalue weighted by Gasteiger charge is 2.26. The molecule has 0 saturated heterocycles. The normalized spacial score (nSPS) is 12.2. The van der Waals surface area contributed by atoms with Crippen LogP contribution in [-0.4, -0.2) is 43.2 Å². The summed E-state index contributed by atoms with van der Waals surface area (Å²) in [4.78, 5) is 25.1. The number of rotatable bonds is 8. The summed E-state index contributed by atoms with van der Waals surface area (Å²) in [5.41, 5.74) is 2.61. The van der Waals surface area contributed by atoms with Crippen molar-refractivity contribution in [3.8, 4) is 11.1 Å². The Bertz CT molecular complexity index is 940. The molecule has 2 aromatic rings. The first kappa shape index (κ1) is 21.6. The van der Waals surface area contributed by atoms with Gasteiger partial charge in [0.2, 0.25) is 0 Å². The van der Waals surface area contributed by atoms with Crippen LogP contribution in [0.3, 0.4) is 0 Å². The van der Waals surface area contributed by atoms with E-state index in [4.69, 9.17) is 9.29 Å². The maximum atomic E-state index is 13.0. The Morgan fingerprint density at radius 1 is 1.11 bits per heavy atom. The van der Waals surface area contributed by atoms with Crippen LogP contribution in [0.5, 0.6) is 0 Å². The third-order valence-corrected chi connectivity index (χ3v) is 4.88. The molecule has 8 heteroatoms. The minimum atomic E-state index is -4.29. The van der Waals surface area contributed by atoms with E-state index in [-0.39, 0.29) is 13.0 Å². The molecule has 0 aromatic heterocycles. The Labute approximate surface area is 164 Å². The largest absolute Gasteiger partial charge is 0.464 e. The Morgan fingerprint density at radius 3 is 2.39 bits per heavy atom. The minimum Gasteiger partial charge on any atom is -0.464 e. The summed E-state index contributed by atoms with van der Waals surface area (Å²) < 4.78 is 36.0. The van der Waals surface area contributed by atoms with Crippen LogP contribution in [0.2, 0.25) is 0 Å². The first-order valence-electron chi connectivity index (χ1n) is 8.80. The Kier molecular flexibility index (Phi) is 7.31. The van der Waals surface area contributed by atoms with Gasteiger partial charge in [0.25, 0.3) is 16.0 Å². The SMILES string of the molecule is CCOC(=O)[C@H](CCS(=O)(=O)O)NC(=O)c1c(C)cccc1-c1ccccc1. The van der Waals surface area contributed by atoms with Gasteiger partial charge in [-0.3, -0.25) is 9.35 Å². The number of hydrogen-bond donors (Lipinski definition) is 2. The first-order valence-corrected chi connectivity index (χ1v) is 10.4. The van der Waals surface area contributed by atoms with E-state index in [2.05, 4.69) is 5.32 Å². The summed E-state index contributed by atoms with van der Waals surface area (Å²) in [6.45, 7) is 3.46. The highest BCUT2D eigenvalue weighted by molar-refractivity contribution is 7.85. The lowest BCUT2D eigenvalue weighted by Gasteiger charge is -2.19. The van der Waals surface area contributed by atoms with Gasteiger partial charge in [-0.2, -0.15) is 8.42 Å². The molecule has 2 rings (SSSR count). The lowest BCUT2D eigenvalue weighted by molar-refractivity contribution is -0.145. The van der Waals surface area contributed by atoms with Crippen molar-refractivity contribution in [1.82, 2.24) is 5.32 Å². The molecular weight excluding hydrogens is 382 g/mol. The van der Waals surface area contributed by atoms with E-state index in [0.717, 1.165) is 5.56 Å². The molecule has 0 aliphatic carbocycles. The number of esters is 1. The molecule has 1 amide bonds. The predicted molar refractivity (Wildman–Crippen MR) is 106 cm³/mol. The molecule has 2 aromatic carbocycles. The molecule has 150 valence electrons. The Balaban J connectivity index is 2.34. The number of benzene rings is 2. The van der Waals surface area contributed by atoms with Crippen LogP contribution in [0.15, 0.2) is 48.5 Å². The zero-order valence-electron chi connectivity index (χ0n) is 15.7. The lowest BCUT2D eigenvalue weighted by atomic mass is 9.95. The average molecular weight is 405 g/mol. The molecule has 0 heterocycles. The van der Waals surface area contributed by atoms with Crippen molar-refractivity contribution >= 4 is 22.0 Å². The van der Waals surface area contributed by atoms with Crippen LogP contribution in [0.25, 0.3) is 11.1 Å². The van der Waals surface area contributed by atoms with Gasteiger partial charge in [0.1, 0.15) is 6.04 Å². The molecule has 0 aliphatic heterocycles. The molecule has 0 fully saturated rings. The van der Waals surface area contributed by atoms with Crippen LogP contribution in [0.4, 0.5) is 0 Å². The summed E-state index contributed by atoms with van der Waals surface area (Å²) in [5.74, 6) is -1.95. The van der Waals surface area contributed by atoms with Crippen molar-refractivity contribution < 1.29 is 27.3 Å². The van der Waals surface area contributed by atoms with Crippen molar-refractivity contribution in [3.63, 3.8) is 0 Å². The van der Waals surface area contributed by atoms with Gasteiger partial charge in [0, 0.05) is 0 Å². The van der Waals surface area contributed by atoms with Crippen LogP contribution in [0, 0.1) is 6.92 Å². The maximum absolute atomic E-state index is 13.0. The average Bonchev–Trinajstić information content (AvgIpc) is 2.64. The zero-order valence-corrected chi connectivity index (χ0v) is 16.5. The summed E-state index contributed by atoms with van der Waals surface area (Å²) >= 11 is 0. The van der Waals surface area contributed by atoms with Crippen LogP contribution >= 0.6 is 0 Å². The molecule has 0 saturated carbocycles. The Morgan fingerprint density at radius 2 is 1.79 bits per heavy atom. The molecule has 7 nitrogen and oxygen atoms in total. The number of carbonyl (C=O) groups is 2. The van der Waals surface area contributed by atoms with Crippen molar-refractivity contribution in [2.45, 2.75) is 26.3 Å². The number of hydrogen-bond acceptors (Lipinski definition) is 5. The predicted octanol–water partition coefficient (Wildman–Crippen LogP) is 2.60. The lowest BCUT2D eigenvalue weighted by Crippen LogP contribution is -2.43. The molecule has 0 aliphatic rings. The number of aryl methyl sites for hydroxylation is 1. The van der Waals surface area contributed by atoms with E-state index in [1.807, 2.05) is 36.4 Å². The second-order valence-corrected chi connectivity index (χ2v) is 7.79. The van der Waals surface area contributed by atoms with E-state index in [1.165, 1.54) is 0 Å². The van der Waals surface area contributed by atoms with E-state index >= 15 is 0 Å². The third-order valence-electron chi connectivity index (χ3n) is 4.13. The van der Waals surface area contributed by atoms with Gasteiger partial charge >= 0.3 is 5.97 Å². The second kappa shape index (κ2) is 9.48. The van der Waals surface area contributed by atoms with E-state index < -0.39 is 33.8 Å². The van der Waals surface area contributed by atoms with Gasteiger partial charge in [0.05, 0.1) is 17.9 Å². The number of carbonyl (C=O) groups excluding carboxylic acids is 2. The highest BCUT2D eigenvalue weighted by atomic mass is 32.2. The van der Waals surface area contributed by atoms with Gasteiger partial charge in [-0.1, -0.05) is 48.5 Å². The molecule has 28 heavy (non-hydrogen) atoms. The highest BCUT2D eigenvalue weighted by Crippen LogP contribution is 2.26. The van der Waals surface area contributed by atoms with Crippen LogP contribution in [0.1, 0.15) is 29.3 Å². The van der Waals surface area contributed by atoms with Crippen molar-refractivity contribution in [3.05, 3.63) is 59.7 Å². The van der Waals surface area contributed by atoms with Gasteiger partial charge < -0.3 is 10.1 Å². The van der Waals surface area contributed by atoms with Crippen molar-refractivity contribution in [2.75, 3.05) is 12.4 Å². The molecular formula is C20H23NO6S. The van der Waals surface area contributed by atoms with E-state index in [9.17, 15) is 18.0 Å². The monoisotopic (exact) mass is 405 g/mol. The Hall–Kier alpha value is -2.71. The van der Waals surface area contributed by atoms with E-state index in [0.29, 0.717) is 16.7 Å². The molecule has 2 N–H and O–H groups in total. The molecule has 0 radical (unpaired) electrons. The molecule has 1 atom stereocenters. The van der Waals surface area contributed by atoms with Crippen molar-refractivity contribution in [1.29, 1.82) is 0 Å². The van der Waals surface area contributed by atoms with Gasteiger partial charge in [-0.05, 0) is 37.0 Å².